The van der Waals surface area contributed by atoms with Gasteiger partial charge in [0.15, 0.2) is 0 Å². The lowest BCUT2D eigenvalue weighted by Crippen LogP contribution is -2.16. The van der Waals surface area contributed by atoms with E-state index in [1.807, 2.05) is 24.3 Å². The zero-order chi connectivity index (χ0) is 12.3. The predicted molar refractivity (Wildman–Crippen MR) is 68.7 cm³/mol. The second kappa shape index (κ2) is 5.29. The Hall–Kier alpha value is -1.39. The highest BCUT2D eigenvalue weighted by atomic mass is 16.3. The molecule has 0 saturated carbocycles. The third-order valence-corrected chi connectivity index (χ3v) is 2.99. The van der Waals surface area contributed by atoms with E-state index in [9.17, 15) is 0 Å². The summed E-state index contributed by atoms with van der Waals surface area (Å²) in [6.45, 7) is 3.49. The zero-order valence-electron chi connectivity index (χ0n) is 10.1. The number of aromatic nitrogens is 2. The molecule has 2 aromatic rings. The second-order valence-electron chi connectivity index (χ2n) is 4.44. The minimum Gasteiger partial charge on any atom is -0.395 e. The van der Waals surface area contributed by atoms with Crippen LogP contribution in [0.1, 0.15) is 12.7 Å². The molecular formula is C13H19N3O. The number of hydrogen-bond donors (Lipinski definition) is 2. The molecule has 0 amide bonds. The maximum absolute atomic E-state index is 9.14. The van der Waals surface area contributed by atoms with Crippen LogP contribution in [-0.4, -0.2) is 27.8 Å². The molecule has 1 heterocycles. The first-order valence-electron chi connectivity index (χ1n) is 6.01. The summed E-state index contributed by atoms with van der Waals surface area (Å²) in [5, 5.41) is 9.14. The van der Waals surface area contributed by atoms with Gasteiger partial charge in [0.2, 0.25) is 0 Å². The van der Waals surface area contributed by atoms with E-state index >= 15 is 0 Å². The zero-order valence-corrected chi connectivity index (χ0v) is 10.1. The second-order valence-corrected chi connectivity index (χ2v) is 4.44. The molecule has 0 aliphatic carbocycles. The number of imidazole rings is 1. The standard InChI is InChI=1S/C13H19N3O/c1-10(9-14)8-13-15-11-4-2-3-5-12(11)16(13)6-7-17/h2-5,10,17H,6-9,14H2,1H3. The molecule has 92 valence electrons. The molecule has 1 atom stereocenters. The molecule has 0 fully saturated rings. The highest BCUT2D eigenvalue weighted by molar-refractivity contribution is 5.75. The lowest BCUT2D eigenvalue weighted by atomic mass is 10.1. The third kappa shape index (κ3) is 2.48. The first-order valence-corrected chi connectivity index (χ1v) is 6.01. The van der Waals surface area contributed by atoms with E-state index in [1.165, 1.54) is 0 Å². The Labute approximate surface area is 101 Å². The lowest BCUT2D eigenvalue weighted by molar-refractivity contribution is 0.275. The largest absolute Gasteiger partial charge is 0.395 e. The Morgan fingerprint density at radius 2 is 2.18 bits per heavy atom. The maximum Gasteiger partial charge on any atom is 0.110 e. The number of para-hydroxylation sites is 2. The van der Waals surface area contributed by atoms with Gasteiger partial charge < -0.3 is 15.4 Å². The van der Waals surface area contributed by atoms with Crippen molar-refractivity contribution in [2.45, 2.75) is 19.9 Å². The molecule has 0 saturated heterocycles. The molecular weight excluding hydrogens is 214 g/mol. The van der Waals surface area contributed by atoms with Crippen molar-refractivity contribution in [3.05, 3.63) is 30.1 Å². The summed E-state index contributed by atoms with van der Waals surface area (Å²) in [5.41, 5.74) is 7.72. The van der Waals surface area contributed by atoms with E-state index in [-0.39, 0.29) is 6.61 Å². The van der Waals surface area contributed by atoms with Crippen molar-refractivity contribution < 1.29 is 5.11 Å². The van der Waals surface area contributed by atoms with Crippen molar-refractivity contribution in [2.75, 3.05) is 13.2 Å². The summed E-state index contributed by atoms with van der Waals surface area (Å²) in [6.07, 6.45) is 0.852. The SMILES string of the molecule is CC(CN)Cc1nc2ccccc2n1CCO. The van der Waals surface area contributed by atoms with Crippen molar-refractivity contribution in [3.63, 3.8) is 0 Å². The van der Waals surface area contributed by atoms with Crippen LogP contribution in [0.4, 0.5) is 0 Å². The first-order chi connectivity index (χ1) is 8.26. The molecule has 1 unspecified atom stereocenters. The van der Waals surface area contributed by atoms with Gasteiger partial charge in [-0.15, -0.1) is 0 Å². The fraction of sp³-hybridized carbons (Fsp3) is 0.462. The fourth-order valence-electron chi connectivity index (χ4n) is 2.03. The number of nitrogens with zero attached hydrogens (tertiary/aromatic N) is 2. The predicted octanol–water partition coefficient (Wildman–Crippen LogP) is 1.17. The number of fused-ring (bicyclic) bond motifs is 1. The van der Waals surface area contributed by atoms with Crippen LogP contribution in [0.15, 0.2) is 24.3 Å². The molecule has 1 aromatic heterocycles. The summed E-state index contributed by atoms with van der Waals surface area (Å²) in [6, 6.07) is 8.01. The van der Waals surface area contributed by atoms with Crippen LogP contribution in [-0.2, 0) is 13.0 Å². The number of nitrogens with two attached hydrogens (primary N) is 1. The molecule has 0 radical (unpaired) electrons. The summed E-state index contributed by atoms with van der Waals surface area (Å²) in [5.74, 6) is 1.42. The topological polar surface area (TPSA) is 64.1 Å². The summed E-state index contributed by atoms with van der Waals surface area (Å²) in [7, 11) is 0. The molecule has 0 bridgehead atoms. The van der Waals surface area contributed by atoms with Gasteiger partial charge in [0.05, 0.1) is 17.6 Å². The van der Waals surface area contributed by atoms with Crippen LogP contribution in [0.3, 0.4) is 0 Å². The normalized spacial score (nSPS) is 13.1. The highest BCUT2D eigenvalue weighted by Crippen LogP contribution is 2.17. The maximum atomic E-state index is 9.14. The van der Waals surface area contributed by atoms with Crippen molar-refractivity contribution in [1.29, 1.82) is 0 Å². The summed E-state index contributed by atoms with van der Waals surface area (Å²) in [4.78, 5) is 4.62. The van der Waals surface area contributed by atoms with Crippen molar-refractivity contribution in [1.82, 2.24) is 9.55 Å². The van der Waals surface area contributed by atoms with Gasteiger partial charge in [0.1, 0.15) is 5.82 Å². The average Bonchev–Trinajstić information content (AvgIpc) is 2.68. The number of rotatable bonds is 5. The summed E-state index contributed by atoms with van der Waals surface area (Å²) >= 11 is 0. The van der Waals surface area contributed by atoms with E-state index in [0.29, 0.717) is 19.0 Å². The molecule has 0 spiro atoms. The Kier molecular flexibility index (Phi) is 3.76. The van der Waals surface area contributed by atoms with Crippen LogP contribution in [0.5, 0.6) is 0 Å². The quantitative estimate of drug-likeness (QED) is 0.814. The van der Waals surface area contributed by atoms with E-state index in [0.717, 1.165) is 23.3 Å². The monoisotopic (exact) mass is 233 g/mol. The van der Waals surface area contributed by atoms with Gasteiger partial charge in [0, 0.05) is 13.0 Å². The van der Waals surface area contributed by atoms with Crippen LogP contribution in [0, 0.1) is 5.92 Å². The Balaban J connectivity index is 2.42. The average molecular weight is 233 g/mol. The number of aliphatic hydroxyl groups excluding tert-OH is 1. The minimum atomic E-state index is 0.129. The van der Waals surface area contributed by atoms with E-state index in [4.69, 9.17) is 10.8 Å². The molecule has 2 rings (SSSR count). The molecule has 0 aliphatic rings. The first kappa shape index (κ1) is 12.1. The van der Waals surface area contributed by atoms with Gasteiger partial charge in [-0.1, -0.05) is 19.1 Å². The van der Waals surface area contributed by atoms with Crippen LogP contribution in [0.25, 0.3) is 11.0 Å². The van der Waals surface area contributed by atoms with E-state index < -0.39 is 0 Å². The van der Waals surface area contributed by atoms with E-state index in [1.54, 1.807) is 0 Å². The van der Waals surface area contributed by atoms with Gasteiger partial charge in [-0.3, -0.25) is 0 Å². The Morgan fingerprint density at radius 3 is 2.88 bits per heavy atom. The van der Waals surface area contributed by atoms with Crippen LogP contribution in [0.2, 0.25) is 0 Å². The van der Waals surface area contributed by atoms with Crippen molar-refractivity contribution in [2.24, 2.45) is 11.7 Å². The highest BCUT2D eigenvalue weighted by Gasteiger charge is 2.12. The molecule has 4 nitrogen and oxygen atoms in total. The Morgan fingerprint density at radius 1 is 1.41 bits per heavy atom. The van der Waals surface area contributed by atoms with Gasteiger partial charge in [0.25, 0.3) is 0 Å². The van der Waals surface area contributed by atoms with Gasteiger partial charge in [-0.25, -0.2) is 4.98 Å². The minimum absolute atomic E-state index is 0.129. The number of aliphatic hydroxyl groups is 1. The van der Waals surface area contributed by atoms with Gasteiger partial charge >= 0.3 is 0 Å². The Bertz CT molecular complexity index is 492. The van der Waals surface area contributed by atoms with E-state index in [2.05, 4.69) is 16.5 Å². The molecule has 0 aliphatic heterocycles. The van der Waals surface area contributed by atoms with Gasteiger partial charge in [-0.2, -0.15) is 0 Å². The molecule has 1 aromatic carbocycles. The van der Waals surface area contributed by atoms with Crippen LogP contribution >= 0.6 is 0 Å². The smallest absolute Gasteiger partial charge is 0.110 e. The van der Waals surface area contributed by atoms with Gasteiger partial charge in [-0.05, 0) is 24.6 Å². The van der Waals surface area contributed by atoms with Crippen molar-refractivity contribution >= 4 is 11.0 Å². The molecule has 3 N–H and O–H groups in total. The van der Waals surface area contributed by atoms with Crippen LogP contribution < -0.4 is 5.73 Å². The molecule has 4 heteroatoms. The number of hydrogen-bond acceptors (Lipinski definition) is 3. The third-order valence-electron chi connectivity index (χ3n) is 2.99. The number of benzene rings is 1. The lowest BCUT2D eigenvalue weighted by Gasteiger charge is -2.10. The molecule has 17 heavy (non-hydrogen) atoms. The summed E-state index contributed by atoms with van der Waals surface area (Å²) < 4.78 is 2.08. The van der Waals surface area contributed by atoms with Crippen molar-refractivity contribution in [3.8, 4) is 0 Å². The fourth-order valence-corrected chi connectivity index (χ4v) is 2.03.